The lowest BCUT2D eigenvalue weighted by molar-refractivity contribution is -0.140. The minimum absolute atomic E-state index is 0.142. The fraction of sp³-hybridized carbons (Fsp3) is 0.529. The first-order valence-corrected chi connectivity index (χ1v) is 7.78. The van der Waals surface area contributed by atoms with Gasteiger partial charge in [-0.15, -0.1) is 0 Å². The van der Waals surface area contributed by atoms with E-state index in [1.165, 1.54) is 12.1 Å². The van der Waals surface area contributed by atoms with E-state index in [0.717, 1.165) is 31.2 Å². The van der Waals surface area contributed by atoms with Crippen LogP contribution < -0.4 is 5.32 Å². The number of rotatable bonds is 5. The molecule has 2 aliphatic rings. The molecule has 0 bridgehead atoms. The predicted octanol–water partition coefficient (Wildman–Crippen LogP) is 2.47. The van der Waals surface area contributed by atoms with Crippen molar-refractivity contribution >= 4 is 11.9 Å². The van der Waals surface area contributed by atoms with Gasteiger partial charge in [-0.1, -0.05) is 25.0 Å². The van der Waals surface area contributed by atoms with Gasteiger partial charge in [0.1, 0.15) is 5.82 Å². The summed E-state index contributed by atoms with van der Waals surface area (Å²) in [4.78, 5) is 22.9. The normalized spacial score (nSPS) is 25.7. The molecular formula is C17H20FNO3. The topological polar surface area (TPSA) is 66.4 Å². The lowest BCUT2D eigenvalue weighted by atomic mass is 9.78. The summed E-state index contributed by atoms with van der Waals surface area (Å²) in [5.74, 6) is -2.23. The molecule has 2 fully saturated rings. The van der Waals surface area contributed by atoms with Gasteiger partial charge in [0.05, 0.1) is 11.8 Å². The van der Waals surface area contributed by atoms with Crippen LogP contribution in [0.3, 0.4) is 0 Å². The summed E-state index contributed by atoms with van der Waals surface area (Å²) < 4.78 is 13.1. The second kappa shape index (κ2) is 5.71. The third-order valence-corrected chi connectivity index (χ3v) is 5.06. The number of halogens is 1. The molecule has 0 aliphatic heterocycles. The van der Waals surface area contributed by atoms with Crippen LogP contribution >= 0.6 is 0 Å². The molecule has 0 radical (unpaired) electrons. The van der Waals surface area contributed by atoms with Crippen molar-refractivity contribution in [2.75, 3.05) is 6.54 Å². The Kier molecular flexibility index (Phi) is 3.89. The summed E-state index contributed by atoms with van der Waals surface area (Å²) in [5, 5.41) is 11.8. The van der Waals surface area contributed by atoms with Crippen molar-refractivity contribution in [3.63, 3.8) is 0 Å². The fourth-order valence-corrected chi connectivity index (χ4v) is 3.57. The molecule has 22 heavy (non-hydrogen) atoms. The molecule has 1 amide bonds. The van der Waals surface area contributed by atoms with E-state index in [-0.39, 0.29) is 23.1 Å². The zero-order valence-corrected chi connectivity index (χ0v) is 12.3. The standard InChI is InChI=1S/C17H20FNO3/c18-12-5-3-11(4-6-12)17(7-1-2-8-17)10-19-15(20)13-9-14(13)16(21)22/h3-6,13-14H,1-2,7-10H2,(H,19,20)(H,21,22). The number of carboxylic acid groups (broad SMARTS) is 1. The van der Waals surface area contributed by atoms with Gasteiger partial charge in [0.2, 0.25) is 5.91 Å². The average Bonchev–Trinajstić information content (AvgIpc) is 3.18. The third-order valence-electron chi connectivity index (χ3n) is 5.06. The molecule has 3 rings (SSSR count). The summed E-state index contributed by atoms with van der Waals surface area (Å²) in [6, 6.07) is 6.51. The van der Waals surface area contributed by atoms with E-state index in [4.69, 9.17) is 5.11 Å². The smallest absolute Gasteiger partial charge is 0.307 e. The molecule has 0 spiro atoms. The maximum atomic E-state index is 13.1. The molecule has 0 saturated heterocycles. The Morgan fingerprint density at radius 3 is 2.36 bits per heavy atom. The van der Waals surface area contributed by atoms with Crippen LogP contribution in [-0.2, 0) is 15.0 Å². The Morgan fingerprint density at radius 2 is 1.82 bits per heavy atom. The summed E-state index contributed by atoms with van der Waals surface area (Å²) in [7, 11) is 0. The van der Waals surface area contributed by atoms with Crippen LogP contribution in [0.15, 0.2) is 24.3 Å². The molecule has 2 N–H and O–H groups in total. The zero-order chi connectivity index (χ0) is 15.7. The molecule has 4 nitrogen and oxygen atoms in total. The van der Waals surface area contributed by atoms with Crippen molar-refractivity contribution < 1.29 is 19.1 Å². The average molecular weight is 305 g/mol. The highest BCUT2D eigenvalue weighted by atomic mass is 19.1. The quantitative estimate of drug-likeness (QED) is 0.878. The molecule has 5 heteroatoms. The van der Waals surface area contributed by atoms with Crippen molar-refractivity contribution in [1.82, 2.24) is 5.32 Å². The maximum absolute atomic E-state index is 13.1. The molecule has 0 aromatic heterocycles. The second-order valence-corrected chi connectivity index (χ2v) is 6.50. The Balaban J connectivity index is 1.66. The summed E-state index contributed by atoms with van der Waals surface area (Å²) in [5.41, 5.74) is 0.911. The first-order valence-electron chi connectivity index (χ1n) is 7.78. The Labute approximate surface area is 128 Å². The molecule has 0 heterocycles. The molecule has 1 aromatic rings. The monoisotopic (exact) mass is 305 g/mol. The first kappa shape index (κ1) is 15.0. The lowest BCUT2D eigenvalue weighted by Crippen LogP contribution is -2.40. The largest absolute Gasteiger partial charge is 0.481 e. The van der Waals surface area contributed by atoms with Crippen molar-refractivity contribution in [1.29, 1.82) is 0 Å². The number of carbonyl (C=O) groups is 2. The van der Waals surface area contributed by atoms with E-state index in [1.54, 1.807) is 12.1 Å². The van der Waals surface area contributed by atoms with Crippen molar-refractivity contribution in [2.24, 2.45) is 11.8 Å². The highest BCUT2D eigenvalue weighted by Gasteiger charge is 2.48. The minimum Gasteiger partial charge on any atom is -0.481 e. The molecule has 2 unspecified atom stereocenters. The highest BCUT2D eigenvalue weighted by Crippen LogP contribution is 2.42. The van der Waals surface area contributed by atoms with E-state index < -0.39 is 11.9 Å². The molecule has 118 valence electrons. The summed E-state index contributed by atoms with van der Waals surface area (Å²) in [6.45, 7) is 0.500. The van der Waals surface area contributed by atoms with Gasteiger partial charge in [-0.2, -0.15) is 0 Å². The van der Waals surface area contributed by atoms with Crippen LogP contribution in [0.4, 0.5) is 4.39 Å². The number of amides is 1. The number of hydrogen-bond acceptors (Lipinski definition) is 2. The molecular weight excluding hydrogens is 285 g/mol. The predicted molar refractivity (Wildman–Crippen MR) is 78.8 cm³/mol. The van der Waals surface area contributed by atoms with Gasteiger partial charge in [-0.25, -0.2) is 4.39 Å². The highest BCUT2D eigenvalue weighted by molar-refractivity contribution is 5.89. The lowest BCUT2D eigenvalue weighted by Gasteiger charge is -2.30. The van der Waals surface area contributed by atoms with Gasteiger partial charge >= 0.3 is 5.97 Å². The van der Waals surface area contributed by atoms with Gasteiger partial charge in [-0.05, 0) is 37.0 Å². The Hall–Kier alpha value is -1.91. The van der Waals surface area contributed by atoms with E-state index >= 15 is 0 Å². The van der Waals surface area contributed by atoms with Crippen LogP contribution in [0, 0.1) is 17.7 Å². The van der Waals surface area contributed by atoms with Crippen LogP contribution in [0.1, 0.15) is 37.7 Å². The van der Waals surface area contributed by atoms with E-state index in [9.17, 15) is 14.0 Å². The van der Waals surface area contributed by atoms with Gasteiger partial charge in [0, 0.05) is 12.0 Å². The van der Waals surface area contributed by atoms with Crippen molar-refractivity contribution in [3.8, 4) is 0 Å². The number of carbonyl (C=O) groups excluding carboxylic acids is 1. The van der Waals surface area contributed by atoms with Crippen LogP contribution in [0.25, 0.3) is 0 Å². The molecule has 2 aliphatic carbocycles. The number of aliphatic carboxylic acids is 1. The summed E-state index contributed by atoms with van der Waals surface area (Å²) in [6.07, 6.45) is 4.55. The number of nitrogens with one attached hydrogen (secondary N) is 1. The van der Waals surface area contributed by atoms with Gasteiger partial charge < -0.3 is 10.4 Å². The van der Waals surface area contributed by atoms with Crippen molar-refractivity contribution in [3.05, 3.63) is 35.6 Å². The van der Waals surface area contributed by atoms with E-state index in [2.05, 4.69) is 5.32 Å². The first-order chi connectivity index (χ1) is 10.5. The minimum atomic E-state index is -0.894. The van der Waals surface area contributed by atoms with Crippen LogP contribution in [0.2, 0.25) is 0 Å². The fourth-order valence-electron chi connectivity index (χ4n) is 3.57. The Morgan fingerprint density at radius 1 is 1.18 bits per heavy atom. The third kappa shape index (κ3) is 2.85. The van der Waals surface area contributed by atoms with Crippen molar-refractivity contribution in [2.45, 2.75) is 37.5 Å². The number of benzene rings is 1. The molecule has 2 atom stereocenters. The van der Waals surface area contributed by atoms with Gasteiger partial charge in [0.15, 0.2) is 0 Å². The van der Waals surface area contributed by atoms with Crippen LogP contribution in [-0.4, -0.2) is 23.5 Å². The summed E-state index contributed by atoms with van der Waals surface area (Å²) >= 11 is 0. The number of carboxylic acids is 1. The second-order valence-electron chi connectivity index (χ2n) is 6.50. The Bertz CT molecular complexity index is 578. The maximum Gasteiger partial charge on any atom is 0.307 e. The van der Waals surface area contributed by atoms with E-state index in [0.29, 0.717) is 13.0 Å². The van der Waals surface area contributed by atoms with Gasteiger partial charge in [-0.3, -0.25) is 9.59 Å². The van der Waals surface area contributed by atoms with Crippen LogP contribution in [0.5, 0.6) is 0 Å². The van der Waals surface area contributed by atoms with E-state index in [1.807, 2.05) is 0 Å². The van der Waals surface area contributed by atoms with Gasteiger partial charge in [0.25, 0.3) is 0 Å². The zero-order valence-electron chi connectivity index (χ0n) is 12.3. The SMILES string of the molecule is O=C(O)C1CC1C(=O)NCC1(c2ccc(F)cc2)CCCC1. The molecule has 1 aromatic carbocycles. The number of hydrogen-bond donors (Lipinski definition) is 2. The molecule has 2 saturated carbocycles.